The number of rotatable bonds is 7. The van der Waals surface area contributed by atoms with Gasteiger partial charge in [0.1, 0.15) is 0 Å². The summed E-state index contributed by atoms with van der Waals surface area (Å²) in [5, 5.41) is 0. The molecule has 1 unspecified atom stereocenters. The minimum atomic E-state index is -0.0961. The first-order chi connectivity index (χ1) is 8.74. The van der Waals surface area contributed by atoms with Crippen LogP contribution in [0.2, 0.25) is 0 Å². The van der Waals surface area contributed by atoms with E-state index in [2.05, 4.69) is 6.92 Å². The predicted molar refractivity (Wildman–Crippen MR) is 75.1 cm³/mol. The highest BCUT2D eigenvalue weighted by Crippen LogP contribution is 2.09. The Kier molecular flexibility index (Phi) is 6.85. The minimum absolute atomic E-state index is 0.0678. The van der Waals surface area contributed by atoms with Crippen LogP contribution in [0.25, 0.3) is 6.08 Å². The summed E-state index contributed by atoms with van der Waals surface area (Å²) < 4.78 is 5.17. The van der Waals surface area contributed by atoms with Crippen molar-refractivity contribution in [3.63, 3.8) is 0 Å². The molecular weight excluding hydrogens is 224 g/mol. The normalized spacial score (nSPS) is 12.6. The molecule has 1 atom stereocenters. The van der Waals surface area contributed by atoms with Crippen LogP contribution in [0.15, 0.2) is 36.4 Å². The van der Waals surface area contributed by atoms with Crippen molar-refractivity contribution in [3.8, 4) is 0 Å². The summed E-state index contributed by atoms with van der Waals surface area (Å²) in [4.78, 5) is 11.6. The van der Waals surface area contributed by atoms with Crippen LogP contribution in [-0.4, -0.2) is 12.6 Å². The molecule has 0 saturated carbocycles. The highest BCUT2D eigenvalue weighted by molar-refractivity contribution is 5.72. The second kappa shape index (κ2) is 8.51. The molecule has 0 bridgehead atoms. The summed E-state index contributed by atoms with van der Waals surface area (Å²) in [5.41, 5.74) is 1.16. The molecule has 0 amide bonds. The van der Waals surface area contributed by atoms with Crippen LogP contribution >= 0.6 is 0 Å². The molecule has 1 aromatic rings. The number of hydrogen-bond acceptors (Lipinski definition) is 2. The fraction of sp³-hybridized carbons (Fsp3) is 0.438. The van der Waals surface area contributed by atoms with Gasteiger partial charge in [-0.25, -0.2) is 0 Å². The number of carbonyl (C=O) groups is 1. The van der Waals surface area contributed by atoms with E-state index in [-0.39, 0.29) is 11.9 Å². The van der Waals surface area contributed by atoms with E-state index in [1.807, 2.05) is 49.4 Å². The Morgan fingerprint density at radius 3 is 2.72 bits per heavy atom. The molecule has 0 aliphatic rings. The molecule has 0 fully saturated rings. The zero-order chi connectivity index (χ0) is 13.2. The summed E-state index contributed by atoms with van der Waals surface area (Å²) in [6, 6.07) is 10.1. The van der Waals surface area contributed by atoms with Crippen molar-refractivity contribution in [2.45, 2.75) is 33.1 Å². The third-order valence-corrected chi connectivity index (χ3v) is 2.74. The van der Waals surface area contributed by atoms with E-state index in [1.165, 1.54) is 0 Å². The predicted octanol–water partition coefficient (Wildman–Crippen LogP) is 4.07. The number of esters is 1. The average Bonchev–Trinajstić information content (AvgIpc) is 2.40. The maximum Gasteiger partial charge on any atom is 0.308 e. The van der Waals surface area contributed by atoms with Crippen LogP contribution in [0.1, 0.15) is 38.7 Å². The SMILES string of the molecule is CCCCOC(=O)C(C)C/C=C\c1ccccc1. The van der Waals surface area contributed by atoms with E-state index in [9.17, 15) is 4.79 Å². The van der Waals surface area contributed by atoms with Crippen molar-refractivity contribution in [1.29, 1.82) is 0 Å². The lowest BCUT2D eigenvalue weighted by Crippen LogP contribution is -2.14. The van der Waals surface area contributed by atoms with Crippen molar-refractivity contribution in [2.75, 3.05) is 6.61 Å². The lowest BCUT2D eigenvalue weighted by Gasteiger charge is -2.08. The smallest absolute Gasteiger partial charge is 0.308 e. The number of ether oxygens (including phenoxy) is 1. The van der Waals surface area contributed by atoms with Crippen LogP contribution in [0, 0.1) is 5.92 Å². The summed E-state index contributed by atoms with van der Waals surface area (Å²) in [5.74, 6) is -0.164. The van der Waals surface area contributed by atoms with Crippen molar-refractivity contribution in [2.24, 2.45) is 5.92 Å². The van der Waals surface area contributed by atoms with E-state index in [0.29, 0.717) is 6.61 Å². The van der Waals surface area contributed by atoms with Gasteiger partial charge in [-0.1, -0.05) is 62.8 Å². The van der Waals surface area contributed by atoms with Crippen molar-refractivity contribution in [3.05, 3.63) is 42.0 Å². The molecule has 2 nitrogen and oxygen atoms in total. The molecule has 1 rings (SSSR count). The molecule has 0 spiro atoms. The van der Waals surface area contributed by atoms with E-state index >= 15 is 0 Å². The lowest BCUT2D eigenvalue weighted by molar-refractivity contribution is -0.147. The second-order valence-electron chi connectivity index (χ2n) is 4.47. The summed E-state index contributed by atoms with van der Waals surface area (Å²) in [6.07, 6.45) is 6.78. The third-order valence-electron chi connectivity index (χ3n) is 2.74. The number of hydrogen-bond donors (Lipinski definition) is 0. The van der Waals surface area contributed by atoms with Crippen LogP contribution in [0.5, 0.6) is 0 Å². The quantitative estimate of drug-likeness (QED) is 0.535. The van der Waals surface area contributed by atoms with Gasteiger partial charge in [-0.15, -0.1) is 0 Å². The topological polar surface area (TPSA) is 26.3 Å². The molecule has 0 aliphatic carbocycles. The van der Waals surface area contributed by atoms with Gasteiger partial charge in [0.05, 0.1) is 12.5 Å². The lowest BCUT2D eigenvalue weighted by atomic mass is 10.1. The molecule has 1 aromatic carbocycles. The Bertz CT molecular complexity index is 368. The standard InChI is InChI=1S/C16H22O2/c1-3-4-13-18-16(17)14(2)9-8-12-15-10-6-5-7-11-15/h5-8,10-12,14H,3-4,9,13H2,1-2H3/b12-8-. The van der Waals surface area contributed by atoms with Crippen LogP contribution in [0.3, 0.4) is 0 Å². The fourth-order valence-corrected chi connectivity index (χ4v) is 1.53. The van der Waals surface area contributed by atoms with Gasteiger partial charge in [-0.3, -0.25) is 4.79 Å². The van der Waals surface area contributed by atoms with Crippen LogP contribution < -0.4 is 0 Å². The van der Waals surface area contributed by atoms with Gasteiger partial charge < -0.3 is 4.74 Å². The Balaban J connectivity index is 2.30. The highest BCUT2D eigenvalue weighted by atomic mass is 16.5. The van der Waals surface area contributed by atoms with Crippen molar-refractivity contribution >= 4 is 12.0 Å². The van der Waals surface area contributed by atoms with Crippen LogP contribution in [0.4, 0.5) is 0 Å². The highest BCUT2D eigenvalue weighted by Gasteiger charge is 2.11. The molecule has 2 heteroatoms. The fourth-order valence-electron chi connectivity index (χ4n) is 1.53. The van der Waals surface area contributed by atoms with Gasteiger partial charge in [0, 0.05) is 0 Å². The first-order valence-electron chi connectivity index (χ1n) is 6.62. The van der Waals surface area contributed by atoms with Crippen LogP contribution in [-0.2, 0) is 9.53 Å². The first-order valence-corrected chi connectivity index (χ1v) is 6.62. The summed E-state index contributed by atoms with van der Waals surface area (Å²) >= 11 is 0. The van der Waals surface area contributed by atoms with Gasteiger partial charge in [-0.05, 0) is 18.4 Å². The zero-order valence-electron chi connectivity index (χ0n) is 11.3. The summed E-state index contributed by atoms with van der Waals surface area (Å²) in [6.45, 7) is 4.53. The average molecular weight is 246 g/mol. The van der Waals surface area contributed by atoms with E-state index in [4.69, 9.17) is 4.74 Å². The number of carbonyl (C=O) groups excluding carboxylic acids is 1. The van der Waals surface area contributed by atoms with E-state index < -0.39 is 0 Å². The number of unbranched alkanes of at least 4 members (excludes halogenated alkanes) is 1. The molecule has 18 heavy (non-hydrogen) atoms. The minimum Gasteiger partial charge on any atom is -0.465 e. The first kappa shape index (κ1) is 14.5. The summed E-state index contributed by atoms with van der Waals surface area (Å²) in [7, 11) is 0. The molecular formula is C16H22O2. The molecule has 98 valence electrons. The van der Waals surface area contributed by atoms with Crippen molar-refractivity contribution < 1.29 is 9.53 Å². The van der Waals surface area contributed by atoms with Gasteiger partial charge in [0.2, 0.25) is 0 Å². The Morgan fingerprint density at radius 1 is 1.33 bits per heavy atom. The van der Waals surface area contributed by atoms with E-state index in [1.54, 1.807) is 0 Å². The Hall–Kier alpha value is -1.57. The number of allylic oxidation sites excluding steroid dienone is 1. The molecule has 0 N–H and O–H groups in total. The number of benzene rings is 1. The molecule has 0 saturated heterocycles. The van der Waals surface area contributed by atoms with Crippen molar-refractivity contribution in [1.82, 2.24) is 0 Å². The Morgan fingerprint density at radius 2 is 2.06 bits per heavy atom. The monoisotopic (exact) mass is 246 g/mol. The zero-order valence-corrected chi connectivity index (χ0v) is 11.3. The maximum absolute atomic E-state index is 11.6. The molecule has 0 aliphatic heterocycles. The maximum atomic E-state index is 11.6. The molecule has 0 radical (unpaired) electrons. The molecule has 0 aromatic heterocycles. The largest absolute Gasteiger partial charge is 0.465 e. The molecule has 0 heterocycles. The van der Waals surface area contributed by atoms with Gasteiger partial charge >= 0.3 is 5.97 Å². The second-order valence-corrected chi connectivity index (χ2v) is 4.47. The Labute approximate surface area is 110 Å². The third kappa shape index (κ3) is 5.67. The van der Waals surface area contributed by atoms with Gasteiger partial charge in [0.15, 0.2) is 0 Å². The van der Waals surface area contributed by atoms with Gasteiger partial charge in [-0.2, -0.15) is 0 Å². The van der Waals surface area contributed by atoms with E-state index in [0.717, 1.165) is 24.8 Å². The van der Waals surface area contributed by atoms with Gasteiger partial charge in [0.25, 0.3) is 0 Å².